The summed E-state index contributed by atoms with van der Waals surface area (Å²) < 4.78 is 21.4. The highest BCUT2D eigenvalue weighted by atomic mass is 19.1. The Hall–Kier alpha value is -4.21. The average Bonchev–Trinajstić information content (AvgIpc) is 3.51. The second-order valence-corrected chi connectivity index (χ2v) is 7.60. The number of aromatic nitrogens is 3. The Morgan fingerprint density at radius 3 is 2.61 bits per heavy atom. The first-order chi connectivity index (χ1) is 16.1. The number of imidazole rings is 1. The Morgan fingerprint density at radius 1 is 1.06 bits per heavy atom. The maximum Gasteiger partial charge on any atom is 0.289 e. The van der Waals surface area contributed by atoms with E-state index in [-0.39, 0.29) is 18.4 Å². The second-order valence-electron chi connectivity index (χ2n) is 7.60. The molecule has 0 bridgehead atoms. The number of halogens is 1. The van der Waals surface area contributed by atoms with Crippen LogP contribution in [0.4, 0.5) is 10.2 Å². The number of hydrogen-bond donors (Lipinski definition) is 1. The molecule has 4 heterocycles. The van der Waals surface area contributed by atoms with E-state index in [1.807, 2.05) is 0 Å². The zero-order valence-electron chi connectivity index (χ0n) is 17.6. The molecule has 5 rings (SSSR count). The van der Waals surface area contributed by atoms with Crippen molar-refractivity contribution in [2.45, 2.75) is 0 Å². The van der Waals surface area contributed by atoms with Gasteiger partial charge in [0.2, 0.25) is 5.91 Å². The van der Waals surface area contributed by atoms with Gasteiger partial charge in [0.25, 0.3) is 5.91 Å². The van der Waals surface area contributed by atoms with Gasteiger partial charge in [-0.15, -0.1) is 0 Å². The standard InChI is InChI=1S/C23H21FN6O3/c24-17-5-2-1-4-16(17)21-22(30-8-7-25-14-19(30)27-21)26-15-20(31)28-9-11-29(12-10-28)23(32)18-6-3-13-33-18/h1-8,13-14,26H,9-12,15H2. The molecule has 1 fully saturated rings. The summed E-state index contributed by atoms with van der Waals surface area (Å²) in [6.45, 7) is 1.69. The van der Waals surface area contributed by atoms with E-state index in [0.29, 0.717) is 54.7 Å². The zero-order valence-corrected chi connectivity index (χ0v) is 17.6. The van der Waals surface area contributed by atoms with Crippen molar-refractivity contribution in [2.75, 3.05) is 38.0 Å². The molecule has 33 heavy (non-hydrogen) atoms. The largest absolute Gasteiger partial charge is 0.459 e. The van der Waals surface area contributed by atoms with Gasteiger partial charge in [-0.05, 0) is 24.3 Å². The van der Waals surface area contributed by atoms with Crippen molar-refractivity contribution >= 4 is 23.3 Å². The molecule has 10 heteroatoms. The molecule has 1 N–H and O–H groups in total. The molecule has 1 saturated heterocycles. The predicted octanol–water partition coefficient (Wildman–Crippen LogP) is 2.52. The van der Waals surface area contributed by atoms with Gasteiger partial charge in [-0.3, -0.25) is 19.0 Å². The van der Waals surface area contributed by atoms with E-state index in [0.717, 1.165) is 0 Å². The first kappa shape index (κ1) is 20.7. The summed E-state index contributed by atoms with van der Waals surface area (Å²) in [6.07, 6.45) is 6.34. The molecule has 9 nitrogen and oxygen atoms in total. The summed E-state index contributed by atoms with van der Waals surface area (Å²) in [5.74, 6) is 0.0972. The van der Waals surface area contributed by atoms with Crippen LogP contribution in [0.2, 0.25) is 0 Å². The summed E-state index contributed by atoms with van der Waals surface area (Å²) in [5.41, 5.74) is 1.28. The van der Waals surface area contributed by atoms with Gasteiger partial charge < -0.3 is 19.5 Å². The summed E-state index contributed by atoms with van der Waals surface area (Å²) in [4.78, 5) is 37.2. The minimum Gasteiger partial charge on any atom is -0.459 e. The van der Waals surface area contributed by atoms with Crippen molar-refractivity contribution in [1.82, 2.24) is 24.2 Å². The Kier molecular flexibility index (Phi) is 5.47. The fourth-order valence-corrected chi connectivity index (χ4v) is 3.90. The monoisotopic (exact) mass is 448 g/mol. The molecule has 0 atom stereocenters. The Labute approximate surface area is 188 Å². The molecule has 1 aliphatic rings. The molecule has 1 aliphatic heterocycles. The smallest absolute Gasteiger partial charge is 0.289 e. The van der Waals surface area contributed by atoms with Crippen molar-refractivity contribution in [2.24, 2.45) is 0 Å². The minimum absolute atomic E-state index is 0.00367. The first-order valence-corrected chi connectivity index (χ1v) is 10.5. The normalized spacial score (nSPS) is 14.0. The molecular weight excluding hydrogens is 427 g/mol. The highest BCUT2D eigenvalue weighted by Gasteiger charge is 2.26. The number of furan rings is 1. The number of piperazine rings is 1. The number of fused-ring (bicyclic) bond motifs is 1. The molecule has 0 saturated carbocycles. The van der Waals surface area contributed by atoms with Crippen LogP contribution in [0.3, 0.4) is 0 Å². The molecule has 0 spiro atoms. The fraction of sp³-hybridized carbons (Fsp3) is 0.217. The van der Waals surface area contributed by atoms with E-state index in [9.17, 15) is 14.0 Å². The van der Waals surface area contributed by atoms with Crippen LogP contribution in [-0.4, -0.2) is 68.7 Å². The topological polar surface area (TPSA) is 96.0 Å². The van der Waals surface area contributed by atoms with Gasteiger partial charge in [-0.2, -0.15) is 0 Å². The summed E-state index contributed by atoms with van der Waals surface area (Å²) in [5, 5.41) is 3.13. The summed E-state index contributed by atoms with van der Waals surface area (Å²) in [6, 6.07) is 9.66. The summed E-state index contributed by atoms with van der Waals surface area (Å²) in [7, 11) is 0. The molecule has 0 radical (unpaired) electrons. The lowest BCUT2D eigenvalue weighted by atomic mass is 10.1. The van der Waals surface area contributed by atoms with Gasteiger partial charge in [-0.1, -0.05) is 12.1 Å². The van der Waals surface area contributed by atoms with Crippen LogP contribution < -0.4 is 5.32 Å². The van der Waals surface area contributed by atoms with Gasteiger partial charge in [0.15, 0.2) is 11.4 Å². The average molecular weight is 448 g/mol. The van der Waals surface area contributed by atoms with E-state index in [1.165, 1.54) is 12.3 Å². The number of nitrogens with zero attached hydrogens (tertiary/aromatic N) is 5. The van der Waals surface area contributed by atoms with E-state index < -0.39 is 5.82 Å². The molecule has 0 unspecified atom stereocenters. The lowest BCUT2D eigenvalue weighted by Gasteiger charge is -2.34. The van der Waals surface area contributed by atoms with Crippen LogP contribution in [0.5, 0.6) is 0 Å². The van der Waals surface area contributed by atoms with Gasteiger partial charge >= 0.3 is 0 Å². The van der Waals surface area contributed by atoms with Gasteiger partial charge in [0, 0.05) is 44.1 Å². The fourth-order valence-electron chi connectivity index (χ4n) is 3.90. The third-order valence-corrected chi connectivity index (χ3v) is 5.62. The van der Waals surface area contributed by atoms with Crippen LogP contribution >= 0.6 is 0 Å². The number of anilines is 1. The number of amides is 2. The maximum absolute atomic E-state index is 14.5. The minimum atomic E-state index is -0.402. The lowest BCUT2D eigenvalue weighted by Crippen LogP contribution is -2.51. The van der Waals surface area contributed by atoms with Crippen molar-refractivity contribution in [3.05, 3.63) is 72.8 Å². The van der Waals surface area contributed by atoms with E-state index >= 15 is 0 Å². The third-order valence-electron chi connectivity index (χ3n) is 5.62. The van der Waals surface area contributed by atoms with Crippen LogP contribution in [0.1, 0.15) is 10.6 Å². The molecule has 2 amide bonds. The third kappa shape index (κ3) is 4.02. The van der Waals surface area contributed by atoms with Gasteiger partial charge in [0.1, 0.15) is 17.3 Å². The first-order valence-electron chi connectivity index (χ1n) is 10.5. The Balaban J connectivity index is 1.28. The number of carbonyl (C=O) groups excluding carboxylic acids is 2. The highest BCUT2D eigenvalue weighted by molar-refractivity contribution is 5.91. The molecule has 168 valence electrons. The zero-order chi connectivity index (χ0) is 22.8. The van der Waals surface area contributed by atoms with Crippen molar-refractivity contribution in [3.8, 4) is 11.3 Å². The van der Waals surface area contributed by atoms with Crippen LogP contribution in [-0.2, 0) is 4.79 Å². The second kappa shape index (κ2) is 8.73. The number of benzene rings is 1. The van der Waals surface area contributed by atoms with E-state index in [4.69, 9.17) is 4.42 Å². The van der Waals surface area contributed by atoms with Crippen molar-refractivity contribution < 1.29 is 18.4 Å². The number of hydrogen-bond acceptors (Lipinski definition) is 6. The quantitative estimate of drug-likeness (QED) is 0.504. The Morgan fingerprint density at radius 2 is 1.85 bits per heavy atom. The van der Waals surface area contributed by atoms with Gasteiger partial charge in [0.05, 0.1) is 19.0 Å². The molecular formula is C23H21FN6O3. The molecule has 0 aliphatic carbocycles. The van der Waals surface area contributed by atoms with Gasteiger partial charge in [-0.25, -0.2) is 9.37 Å². The SMILES string of the molecule is O=C(CNc1c(-c2ccccc2F)nc2cnccn12)N1CCN(C(=O)c2ccco2)CC1. The Bertz CT molecular complexity index is 1290. The molecule has 1 aromatic carbocycles. The molecule has 4 aromatic rings. The van der Waals surface area contributed by atoms with Crippen LogP contribution in [0.25, 0.3) is 16.9 Å². The number of nitrogens with one attached hydrogen (secondary N) is 1. The highest BCUT2D eigenvalue weighted by Crippen LogP contribution is 2.30. The molecule has 3 aromatic heterocycles. The maximum atomic E-state index is 14.5. The number of rotatable bonds is 5. The van der Waals surface area contributed by atoms with Crippen molar-refractivity contribution in [3.63, 3.8) is 0 Å². The van der Waals surface area contributed by atoms with Crippen LogP contribution in [0, 0.1) is 5.82 Å². The van der Waals surface area contributed by atoms with E-state index in [1.54, 1.807) is 63.1 Å². The lowest BCUT2D eigenvalue weighted by molar-refractivity contribution is -0.130. The number of carbonyl (C=O) groups is 2. The summed E-state index contributed by atoms with van der Waals surface area (Å²) >= 11 is 0. The van der Waals surface area contributed by atoms with Crippen LogP contribution in [0.15, 0.2) is 65.7 Å². The van der Waals surface area contributed by atoms with Crippen molar-refractivity contribution in [1.29, 1.82) is 0 Å². The predicted molar refractivity (Wildman–Crippen MR) is 118 cm³/mol. The van der Waals surface area contributed by atoms with E-state index in [2.05, 4.69) is 15.3 Å².